The van der Waals surface area contributed by atoms with Crippen LogP contribution in [0.2, 0.25) is 0 Å². The lowest BCUT2D eigenvalue weighted by Gasteiger charge is -2.33. The van der Waals surface area contributed by atoms with Gasteiger partial charge in [0.15, 0.2) is 0 Å². The molecule has 1 N–H and O–H groups in total. The molecule has 1 aliphatic heterocycles. The second-order valence-electron chi connectivity index (χ2n) is 5.34. The summed E-state index contributed by atoms with van der Waals surface area (Å²) >= 11 is 1.69. The molecule has 0 aromatic carbocycles. The molecule has 0 bridgehead atoms. The maximum absolute atomic E-state index is 11.3. The molecule has 21 heavy (non-hydrogen) atoms. The first-order valence-electron chi connectivity index (χ1n) is 6.72. The van der Waals surface area contributed by atoms with Crippen LogP contribution < -0.4 is 4.72 Å². The minimum absolute atomic E-state index is 0.0251. The normalized spacial score (nSPS) is 19.6. The summed E-state index contributed by atoms with van der Waals surface area (Å²) in [7, 11) is -3.18. The molecule has 0 saturated carbocycles. The van der Waals surface area contributed by atoms with E-state index in [-0.39, 0.29) is 6.04 Å². The quantitative estimate of drug-likeness (QED) is 0.892. The van der Waals surface area contributed by atoms with E-state index in [0.717, 1.165) is 25.3 Å². The van der Waals surface area contributed by atoms with Crippen molar-refractivity contribution in [3.8, 4) is 0 Å². The van der Waals surface area contributed by atoms with E-state index >= 15 is 0 Å². The Morgan fingerprint density at radius 1 is 1.48 bits per heavy atom. The van der Waals surface area contributed by atoms with Gasteiger partial charge in [-0.2, -0.15) is 16.4 Å². The van der Waals surface area contributed by atoms with Gasteiger partial charge in [-0.05, 0) is 28.5 Å². The lowest BCUT2D eigenvalue weighted by molar-refractivity contribution is 0.168. The fraction of sp³-hybridized carbons (Fsp3) is 0.462. The molecule has 2 aromatic heterocycles. The monoisotopic (exact) mass is 326 g/mol. The Hall–Kier alpha value is -1.22. The number of rotatable bonds is 5. The van der Waals surface area contributed by atoms with Gasteiger partial charge in [0.2, 0.25) is 10.0 Å². The van der Waals surface area contributed by atoms with E-state index in [2.05, 4.69) is 31.5 Å². The van der Waals surface area contributed by atoms with Crippen LogP contribution in [0, 0.1) is 0 Å². The molecule has 8 heteroatoms. The van der Waals surface area contributed by atoms with Crippen LogP contribution >= 0.6 is 11.3 Å². The summed E-state index contributed by atoms with van der Waals surface area (Å²) in [4.78, 5) is 2.33. The van der Waals surface area contributed by atoms with E-state index in [9.17, 15) is 8.42 Å². The van der Waals surface area contributed by atoms with Gasteiger partial charge in [0.25, 0.3) is 0 Å². The minimum Gasteiger partial charge on any atom is -0.291 e. The van der Waals surface area contributed by atoms with Gasteiger partial charge in [-0.25, -0.2) is 13.1 Å². The Morgan fingerprint density at radius 3 is 3.05 bits per heavy atom. The third-order valence-electron chi connectivity index (χ3n) is 3.52. The van der Waals surface area contributed by atoms with Crippen molar-refractivity contribution in [2.45, 2.75) is 19.1 Å². The van der Waals surface area contributed by atoms with E-state index in [1.807, 2.05) is 10.7 Å². The number of nitrogens with zero attached hydrogens (tertiary/aromatic N) is 3. The SMILES string of the molecule is CS(=O)(=O)NC[C@@H]1CN(Cc2ccsc2)Cc2ccnn21. The third-order valence-corrected chi connectivity index (χ3v) is 4.94. The van der Waals surface area contributed by atoms with Crippen molar-refractivity contribution in [3.05, 3.63) is 40.3 Å². The van der Waals surface area contributed by atoms with Crippen LogP contribution in [-0.4, -0.2) is 42.4 Å². The number of nitrogens with one attached hydrogen (secondary N) is 1. The van der Waals surface area contributed by atoms with Crippen molar-refractivity contribution in [2.75, 3.05) is 19.3 Å². The highest BCUT2D eigenvalue weighted by molar-refractivity contribution is 7.88. The summed E-state index contributed by atoms with van der Waals surface area (Å²) in [5.74, 6) is 0. The van der Waals surface area contributed by atoms with Gasteiger partial charge in [0.05, 0.1) is 18.0 Å². The molecule has 1 atom stereocenters. The summed E-state index contributed by atoms with van der Waals surface area (Å²) in [6.45, 7) is 2.87. The Kier molecular flexibility index (Phi) is 4.12. The van der Waals surface area contributed by atoms with Crippen LogP contribution in [0.3, 0.4) is 0 Å². The maximum Gasteiger partial charge on any atom is 0.208 e. The predicted octanol–water partition coefficient (Wildman–Crippen LogP) is 1.05. The molecule has 0 saturated heterocycles. The molecule has 3 heterocycles. The van der Waals surface area contributed by atoms with Crippen molar-refractivity contribution >= 4 is 21.4 Å². The van der Waals surface area contributed by atoms with Gasteiger partial charge in [-0.15, -0.1) is 0 Å². The van der Waals surface area contributed by atoms with Gasteiger partial charge >= 0.3 is 0 Å². The van der Waals surface area contributed by atoms with Crippen molar-refractivity contribution in [3.63, 3.8) is 0 Å². The van der Waals surface area contributed by atoms with Crippen LogP contribution in [0.25, 0.3) is 0 Å². The Morgan fingerprint density at radius 2 is 2.33 bits per heavy atom. The second-order valence-corrected chi connectivity index (χ2v) is 7.96. The first kappa shape index (κ1) is 14.7. The number of thiophene rings is 1. The number of aromatic nitrogens is 2. The summed E-state index contributed by atoms with van der Waals surface area (Å²) in [5, 5.41) is 8.55. The molecule has 0 aliphatic carbocycles. The Bertz CT molecular complexity index is 694. The van der Waals surface area contributed by atoms with E-state index < -0.39 is 10.0 Å². The van der Waals surface area contributed by atoms with Crippen LogP contribution in [0.1, 0.15) is 17.3 Å². The third kappa shape index (κ3) is 3.70. The summed E-state index contributed by atoms with van der Waals surface area (Å²) in [6, 6.07) is 4.14. The highest BCUT2D eigenvalue weighted by Crippen LogP contribution is 2.22. The van der Waals surface area contributed by atoms with E-state index in [1.165, 1.54) is 11.8 Å². The lowest BCUT2D eigenvalue weighted by Crippen LogP contribution is -2.42. The topological polar surface area (TPSA) is 67.2 Å². The molecule has 0 unspecified atom stereocenters. The molecular weight excluding hydrogens is 308 g/mol. The zero-order valence-electron chi connectivity index (χ0n) is 11.8. The number of sulfonamides is 1. The average molecular weight is 326 g/mol. The minimum atomic E-state index is -3.18. The number of fused-ring (bicyclic) bond motifs is 1. The first-order valence-corrected chi connectivity index (χ1v) is 9.55. The highest BCUT2D eigenvalue weighted by Gasteiger charge is 2.26. The molecule has 1 aliphatic rings. The second kappa shape index (κ2) is 5.88. The molecular formula is C13H18N4O2S2. The predicted molar refractivity (Wildman–Crippen MR) is 82.5 cm³/mol. The van der Waals surface area contributed by atoms with Crippen molar-refractivity contribution in [1.82, 2.24) is 19.4 Å². The number of hydrogen-bond donors (Lipinski definition) is 1. The van der Waals surface area contributed by atoms with Gasteiger partial charge in [-0.3, -0.25) is 9.58 Å². The molecule has 3 rings (SSSR count). The fourth-order valence-electron chi connectivity index (χ4n) is 2.62. The smallest absolute Gasteiger partial charge is 0.208 e. The van der Waals surface area contributed by atoms with Crippen molar-refractivity contribution in [1.29, 1.82) is 0 Å². The summed E-state index contributed by atoms with van der Waals surface area (Å²) < 4.78 is 27.1. The molecule has 0 fully saturated rings. The maximum atomic E-state index is 11.3. The first-order chi connectivity index (χ1) is 10.0. The summed E-state index contributed by atoms with van der Waals surface area (Å²) in [5.41, 5.74) is 2.42. The average Bonchev–Trinajstić information content (AvgIpc) is 3.05. The zero-order valence-corrected chi connectivity index (χ0v) is 13.4. The fourth-order valence-corrected chi connectivity index (χ4v) is 3.78. The van der Waals surface area contributed by atoms with Crippen LogP contribution in [-0.2, 0) is 23.1 Å². The van der Waals surface area contributed by atoms with E-state index in [1.54, 1.807) is 17.5 Å². The summed E-state index contributed by atoms with van der Waals surface area (Å²) in [6.07, 6.45) is 2.96. The molecule has 0 spiro atoms. The van der Waals surface area contributed by atoms with Crippen LogP contribution in [0.4, 0.5) is 0 Å². The van der Waals surface area contributed by atoms with Gasteiger partial charge in [-0.1, -0.05) is 0 Å². The van der Waals surface area contributed by atoms with Crippen LogP contribution in [0.5, 0.6) is 0 Å². The molecule has 6 nitrogen and oxygen atoms in total. The van der Waals surface area contributed by atoms with E-state index in [0.29, 0.717) is 6.54 Å². The Labute approximate surface area is 128 Å². The largest absolute Gasteiger partial charge is 0.291 e. The lowest BCUT2D eigenvalue weighted by atomic mass is 10.1. The van der Waals surface area contributed by atoms with Crippen LogP contribution in [0.15, 0.2) is 29.1 Å². The molecule has 2 aromatic rings. The molecule has 0 radical (unpaired) electrons. The zero-order chi connectivity index (χ0) is 14.9. The van der Waals surface area contributed by atoms with Gasteiger partial charge in [0, 0.05) is 32.4 Å². The van der Waals surface area contributed by atoms with Crippen molar-refractivity contribution < 1.29 is 8.42 Å². The van der Waals surface area contributed by atoms with E-state index in [4.69, 9.17) is 0 Å². The number of hydrogen-bond acceptors (Lipinski definition) is 5. The van der Waals surface area contributed by atoms with Gasteiger partial charge in [0.1, 0.15) is 0 Å². The molecule has 114 valence electrons. The molecule has 0 amide bonds. The van der Waals surface area contributed by atoms with Crippen molar-refractivity contribution in [2.24, 2.45) is 0 Å². The standard InChI is InChI=1S/C13H18N4O2S2/c1-21(18,19)15-6-13-9-16(7-11-3-5-20-10-11)8-12-2-4-14-17(12)13/h2-5,10,13,15H,6-9H2,1H3/t13-/m1/s1. The Balaban J connectivity index is 1.73. The van der Waals surface area contributed by atoms with Gasteiger partial charge < -0.3 is 0 Å². The highest BCUT2D eigenvalue weighted by atomic mass is 32.2.